The SMILES string of the molecule is CC=C1/C(C)=C(/C(C)C)C=NCCC1F. The van der Waals surface area contributed by atoms with Crippen molar-refractivity contribution < 1.29 is 4.39 Å². The first-order chi connectivity index (χ1) is 7.07. The number of nitrogens with zero attached hydrogens (tertiary/aromatic N) is 1. The molecule has 1 nitrogen and oxygen atoms in total. The summed E-state index contributed by atoms with van der Waals surface area (Å²) in [6.45, 7) is 8.72. The summed E-state index contributed by atoms with van der Waals surface area (Å²) in [6.07, 6.45) is 3.44. The number of rotatable bonds is 1. The van der Waals surface area contributed by atoms with Crippen molar-refractivity contribution in [1.82, 2.24) is 0 Å². The lowest BCUT2D eigenvalue weighted by molar-refractivity contribution is 0.366. The smallest absolute Gasteiger partial charge is 0.127 e. The Hall–Kier alpha value is -0.920. The summed E-state index contributed by atoms with van der Waals surface area (Å²) in [5.74, 6) is 0.397. The summed E-state index contributed by atoms with van der Waals surface area (Å²) in [7, 11) is 0. The third-order valence-electron chi connectivity index (χ3n) is 2.88. The second-order valence-corrected chi connectivity index (χ2v) is 4.27. The number of hydrogen-bond donors (Lipinski definition) is 0. The molecule has 0 saturated carbocycles. The molecular weight excluding hydrogens is 189 g/mol. The Morgan fingerprint density at radius 1 is 1.53 bits per heavy atom. The number of hydrogen-bond acceptors (Lipinski definition) is 1. The van der Waals surface area contributed by atoms with Crippen LogP contribution in [0, 0.1) is 5.92 Å². The van der Waals surface area contributed by atoms with Crippen molar-refractivity contribution in [3.05, 3.63) is 22.8 Å². The van der Waals surface area contributed by atoms with Gasteiger partial charge in [0, 0.05) is 19.2 Å². The fourth-order valence-electron chi connectivity index (χ4n) is 1.98. The maximum atomic E-state index is 13.8. The van der Waals surface area contributed by atoms with E-state index in [9.17, 15) is 4.39 Å². The Kier molecular flexibility index (Phi) is 4.25. The normalized spacial score (nSPS) is 30.8. The summed E-state index contributed by atoms with van der Waals surface area (Å²) in [5, 5.41) is 0. The van der Waals surface area contributed by atoms with E-state index in [2.05, 4.69) is 18.8 Å². The highest BCUT2D eigenvalue weighted by Gasteiger charge is 2.18. The Morgan fingerprint density at radius 2 is 2.20 bits per heavy atom. The van der Waals surface area contributed by atoms with Gasteiger partial charge in [-0.05, 0) is 36.5 Å². The summed E-state index contributed by atoms with van der Waals surface area (Å²) in [6, 6.07) is 0. The van der Waals surface area contributed by atoms with E-state index in [1.807, 2.05) is 26.1 Å². The van der Waals surface area contributed by atoms with Gasteiger partial charge in [0.15, 0.2) is 0 Å². The van der Waals surface area contributed by atoms with Crippen molar-refractivity contribution in [3.63, 3.8) is 0 Å². The van der Waals surface area contributed by atoms with Crippen molar-refractivity contribution in [2.24, 2.45) is 10.9 Å². The van der Waals surface area contributed by atoms with Gasteiger partial charge < -0.3 is 0 Å². The van der Waals surface area contributed by atoms with Gasteiger partial charge in [0.05, 0.1) is 0 Å². The Morgan fingerprint density at radius 3 is 2.73 bits per heavy atom. The van der Waals surface area contributed by atoms with Crippen LogP contribution in [-0.4, -0.2) is 18.9 Å². The molecule has 15 heavy (non-hydrogen) atoms. The Bertz CT molecular complexity index is 310. The minimum absolute atomic E-state index is 0.397. The Balaban J connectivity index is 3.18. The van der Waals surface area contributed by atoms with Crippen molar-refractivity contribution in [2.75, 3.05) is 6.54 Å². The van der Waals surface area contributed by atoms with E-state index < -0.39 is 6.17 Å². The van der Waals surface area contributed by atoms with Crippen molar-refractivity contribution in [3.8, 4) is 0 Å². The number of alkyl halides is 1. The maximum absolute atomic E-state index is 13.8. The predicted octanol–water partition coefficient (Wildman–Crippen LogP) is 3.72. The molecule has 1 heterocycles. The van der Waals surface area contributed by atoms with Crippen molar-refractivity contribution in [1.29, 1.82) is 0 Å². The summed E-state index contributed by atoms with van der Waals surface area (Å²) in [5.41, 5.74) is 3.05. The van der Waals surface area contributed by atoms with Crippen LogP contribution < -0.4 is 0 Å². The molecule has 84 valence electrons. The molecule has 2 heteroatoms. The monoisotopic (exact) mass is 209 g/mol. The largest absolute Gasteiger partial charge is 0.293 e. The van der Waals surface area contributed by atoms with E-state index in [1.54, 1.807) is 0 Å². The molecule has 0 aromatic carbocycles. The molecule has 1 aliphatic heterocycles. The molecule has 0 aromatic heterocycles. The van der Waals surface area contributed by atoms with Gasteiger partial charge in [0.1, 0.15) is 6.17 Å². The fourth-order valence-corrected chi connectivity index (χ4v) is 1.98. The number of halogens is 1. The predicted molar refractivity (Wildman–Crippen MR) is 64.2 cm³/mol. The average molecular weight is 209 g/mol. The van der Waals surface area contributed by atoms with Gasteiger partial charge >= 0.3 is 0 Å². The molecule has 0 saturated heterocycles. The summed E-state index contributed by atoms with van der Waals surface area (Å²) < 4.78 is 13.8. The summed E-state index contributed by atoms with van der Waals surface area (Å²) >= 11 is 0. The van der Waals surface area contributed by atoms with Crippen LogP contribution in [0.2, 0.25) is 0 Å². The number of aliphatic imine (C=N–C) groups is 1. The molecule has 1 atom stereocenters. The van der Waals surface area contributed by atoms with Crippen molar-refractivity contribution in [2.45, 2.75) is 40.3 Å². The molecule has 1 unspecified atom stereocenters. The molecule has 0 bridgehead atoms. The first-order valence-corrected chi connectivity index (χ1v) is 5.59. The van der Waals surface area contributed by atoms with Crippen LogP contribution in [0.4, 0.5) is 4.39 Å². The molecule has 0 amide bonds. The molecule has 0 spiro atoms. The van der Waals surface area contributed by atoms with Crippen LogP contribution in [0.25, 0.3) is 0 Å². The molecular formula is C13H20FN. The van der Waals surface area contributed by atoms with E-state index in [1.165, 1.54) is 0 Å². The second-order valence-electron chi connectivity index (χ2n) is 4.27. The first kappa shape index (κ1) is 12.2. The van der Waals surface area contributed by atoms with Gasteiger partial charge in [0.2, 0.25) is 0 Å². The molecule has 0 aromatic rings. The van der Waals surface area contributed by atoms with Gasteiger partial charge in [-0.2, -0.15) is 0 Å². The zero-order valence-corrected chi connectivity index (χ0v) is 10.0. The maximum Gasteiger partial charge on any atom is 0.127 e. The van der Waals surface area contributed by atoms with Crippen LogP contribution in [0.5, 0.6) is 0 Å². The quantitative estimate of drug-likeness (QED) is 0.624. The second kappa shape index (κ2) is 5.24. The standard InChI is InChI=1S/C13H20FN/c1-5-11-10(4)12(9(2)3)8-15-7-6-13(11)14/h5,8-9,13H,6-7H2,1-4H3/b11-5?,12-10+,15-8?. The third-order valence-corrected chi connectivity index (χ3v) is 2.88. The van der Waals surface area contributed by atoms with E-state index in [0.717, 1.165) is 16.7 Å². The van der Waals surface area contributed by atoms with Crippen molar-refractivity contribution >= 4 is 6.21 Å². The van der Waals surface area contributed by atoms with Gasteiger partial charge in [-0.3, -0.25) is 4.99 Å². The minimum Gasteiger partial charge on any atom is -0.293 e. The highest BCUT2D eigenvalue weighted by atomic mass is 19.1. The van der Waals surface area contributed by atoms with Gasteiger partial charge in [-0.15, -0.1) is 0 Å². The summed E-state index contributed by atoms with van der Waals surface area (Å²) in [4.78, 5) is 4.25. The van der Waals surface area contributed by atoms with Gasteiger partial charge in [0.25, 0.3) is 0 Å². The molecule has 0 N–H and O–H groups in total. The lowest BCUT2D eigenvalue weighted by atomic mass is 9.90. The average Bonchev–Trinajstić information content (AvgIpc) is 2.15. The van der Waals surface area contributed by atoms with Crippen LogP contribution in [0.3, 0.4) is 0 Å². The van der Waals surface area contributed by atoms with Crippen LogP contribution in [0.1, 0.15) is 34.1 Å². The van der Waals surface area contributed by atoms with Crippen LogP contribution in [0.15, 0.2) is 27.8 Å². The molecule has 0 radical (unpaired) electrons. The van der Waals surface area contributed by atoms with Gasteiger partial charge in [-0.25, -0.2) is 4.39 Å². The van der Waals surface area contributed by atoms with E-state index in [4.69, 9.17) is 0 Å². The topological polar surface area (TPSA) is 12.4 Å². The van der Waals surface area contributed by atoms with E-state index >= 15 is 0 Å². The third kappa shape index (κ3) is 2.77. The molecule has 1 rings (SSSR count). The van der Waals surface area contributed by atoms with E-state index in [0.29, 0.717) is 18.9 Å². The van der Waals surface area contributed by atoms with Crippen LogP contribution >= 0.6 is 0 Å². The molecule has 0 fully saturated rings. The zero-order valence-electron chi connectivity index (χ0n) is 10.0. The fraction of sp³-hybridized carbons (Fsp3) is 0.615. The first-order valence-electron chi connectivity index (χ1n) is 5.59. The van der Waals surface area contributed by atoms with Crippen LogP contribution in [-0.2, 0) is 0 Å². The van der Waals surface area contributed by atoms with E-state index in [-0.39, 0.29) is 0 Å². The Labute approximate surface area is 91.8 Å². The highest BCUT2D eigenvalue weighted by Crippen LogP contribution is 2.26. The molecule has 1 aliphatic rings. The van der Waals surface area contributed by atoms with Gasteiger partial charge in [-0.1, -0.05) is 19.9 Å². The lowest BCUT2D eigenvalue weighted by Gasteiger charge is -2.19. The highest BCUT2D eigenvalue weighted by molar-refractivity contribution is 5.81. The number of allylic oxidation sites excluding steroid dienone is 4. The lowest BCUT2D eigenvalue weighted by Crippen LogP contribution is -2.13. The minimum atomic E-state index is -0.860. The zero-order chi connectivity index (χ0) is 11.4. The molecule has 0 aliphatic carbocycles.